The Hall–Kier alpha value is 0.280. The summed E-state index contributed by atoms with van der Waals surface area (Å²) in [6.45, 7) is 0. The standard InChI is InChI=1S/C8H15BrO5/c1-12-6-5(10)4(3-9)14-8(11)7(6)13-2/h4-8,10-11H,3H2,1-2H3/t4?,5-,6-,7?,8+/m0/s1. The van der Waals surface area contributed by atoms with E-state index in [1.165, 1.54) is 14.2 Å². The third-order valence-corrected chi connectivity index (χ3v) is 2.97. The van der Waals surface area contributed by atoms with E-state index in [-0.39, 0.29) is 0 Å². The smallest absolute Gasteiger partial charge is 0.184 e. The lowest BCUT2D eigenvalue weighted by Crippen LogP contribution is -2.59. The lowest BCUT2D eigenvalue weighted by atomic mass is 10.00. The van der Waals surface area contributed by atoms with E-state index in [1.54, 1.807) is 0 Å². The average Bonchev–Trinajstić information content (AvgIpc) is 2.20. The summed E-state index contributed by atoms with van der Waals surface area (Å²) in [4.78, 5) is 0. The number of hydrogen-bond donors (Lipinski definition) is 2. The van der Waals surface area contributed by atoms with Crippen molar-refractivity contribution in [3.05, 3.63) is 0 Å². The van der Waals surface area contributed by atoms with E-state index in [9.17, 15) is 10.2 Å². The van der Waals surface area contributed by atoms with Crippen LogP contribution in [-0.4, -0.2) is 60.5 Å². The van der Waals surface area contributed by atoms with Crippen molar-refractivity contribution in [1.82, 2.24) is 0 Å². The SMILES string of the molecule is COC1[C@H](O)OC(CBr)[C@H](O)[C@@H]1OC. The van der Waals surface area contributed by atoms with Gasteiger partial charge in [0.25, 0.3) is 0 Å². The van der Waals surface area contributed by atoms with Gasteiger partial charge < -0.3 is 24.4 Å². The van der Waals surface area contributed by atoms with Crippen LogP contribution in [0.25, 0.3) is 0 Å². The second-order valence-electron chi connectivity index (χ2n) is 3.11. The fourth-order valence-electron chi connectivity index (χ4n) is 1.56. The molecule has 2 unspecified atom stereocenters. The molecule has 14 heavy (non-hydrogen) atoms. The van der Waals surface area contributed by atoms with Crippen molar-refractivity contribution in [2.24, 2.45) is 0 Å². The van der Waals surface area contributed by atoms with E-state index in [0.29, 0.717) is 5.33 Å². The van der Waals surface area contributed by atoms with Crippen LogP contribution in [0.4, 0.5) is 0 Å². The third kappa shape index (κ3) is 2.26. The van der Waals surface area contributed by atoms with Gasteiger partial charge in [-0.25, -0.2) is 0 Å². The Morgan fingerprint density at radius 1 is 1.21 bits per heavy atom. The predicted molar refractivity (Wildman–Crippen MR) is 52.3 cm³/mol. The first-order chi connectivity index (χ1) is 6.65. The molecule has 5 nitrogen and oxygen atoms in total. The van der Waals surface area contributed by atoms with Gasteiger partial charge in [0, 0.05) is 19.5 Å². The molecule has 84 valence electrons. The molecule has 0 saturated carbocycles. The van der Waals surface area contributed by atoms with Crippen LogP contribution in [0, 0.1) is 0 Å². The zero-order chi connectivity index (χ0) is 10.7. The highest BCUT2D eigenvalue weighted by molar-refractivity contribution is 9.09. The van der Waals surface area contributed by atoms with Crippen LogP contribution in [0.5, 0.6) is 0 Å². The van der Waals surface area contributed by atoms with E-state index < -0.39 is 30.7 Å². The van der Waals surface area contributed by atoms with Crippen LogP contribution in [0.15, 0.2) is 0 Å². The zero-order valence-corrected chi connectivity index (χ0v) is 9.68. The molecule has 0 aromatic carbocycles. The molecule has 1 saturated heterocycles. The summed E-state index contributed by atoms with van der Waals surface area (Å²) in [5.41, 5.74) is 0. The van der Waals surface area contributed by atoms with Gasteiger partial charge in [0.1, 0.15) is 18.3 Å². The highest BCUT2D eigenvalue weighted by atomic mass is 79.9. The molecular weight excluding hydrogens is 256 g/mol. The maximum absolute atomic E-state index is 9.78. The first-order valence-electron chi connectivity index (χ1n) is 4.28. The van der Waals surface area contributed by atoms with Crippen molar-refractivity contribution in [3.8, 4) is 0 Å². The Labute approximate surface area is 91.1 Å². The van der Waals surface area contributed by atoms with Crippen LogP contribution >= 0.6 is 15.9 Å². The minimum absolute atomic E-state index is 0.432. The molecule has 5 atom stereocenters. The van der Waals surface area contributed by atoms with Crippen molar-refractivity contribution in [2.75, 3.05) is 19.5 Å². The summed E-state index contributed by atoms with van der Waals surface area (Å²) in [6.07, 6.45) is -3.61. The lowest BCUT2D eigenvalue weighted by molar-refractivity contribution is -0.286. The van der Waals surface area contributed by atoms with Crippen molar-refractivity contribution < 1.29 is 24.4 Å². The first-order valence-corrected chi connectivity index (χ1v) is 5.41. The molecule has 0 aromatic rings. The molecule has 0 bridgehead atoms. The highest BCUT2D eigenvalue weighted by Crippen LogP contribution is 2.24. The van der Waals surface area contributed by atoms with Gasteiger partial charge in [-0.1, -0.05) is 15.9 Å². The molecule has 1 aliphatic rings. The van der Waals surface area contributed by atoms with Gasteiger partial charge in [0.15, 0.2) is 6.29 Å². The second-order valence-corrected chi connectivity index (χ2v) is 3.76. The number of alkyl halides is 1. The van der Waals surface area contributed by atoms with Crippen molar-refractivity contribution in [3.63, 3.8) is 0 Å². The van der Waals surface area contributed by atoms with Gasteiger partial charge in [0.05, 0.1) is 6.10 Å². The number of aliphatic hydroxyl groups is 2. The number of rotatable bonds is 3. The molecule has 0 amide bonds. The highest BCUT2D eigenvalue weighted by Gasteiger charge is 2.44. The van der Waals surface area contributed by atoms with Crippen LogP contribution in [0.1, 0.15) is 0 Å². The van der Waals surface area contributed by atoms with Crippen molar-refractivity contribution >= 4 is 15.9 Å². The Balaban J connectivity index is 2.73. The Kier molecular flexibility index (Phi) is 4.75. The van der Waals surface area contributed by atoms with Gasteiger partial charge in [0.2, 0.25) is 0 Å². The van der Waals surface area contributed by atoms with E-state index in [4.69, 9.17) is 14.2 Å². The van der Waals surface area contributed by atoms with Crippen LogP contribution < -0.4 is 0 Å². The Bertz CT molecular complexity index is 179. The summed E-state index contributed by atoms with van der Waals surface area (Å²) >= 11 is 3.18. The summed E-state index contributed by atoms with van der Waals surface area (Å²) in [5, 5.41) is 19.7. The van der Waals surface area contributed by atoms with Crippen molar-refractivity contribution in [2.45, 2.75) is 30.7 Å². The second kappa shape index (κ2) is 5.39. The van der Waals surface area contributed by atoms with Gasteiger partial charge in [-0.15, -0.1) is 0 Å². The zero-order valence-electron chi connectivity index (χ0n) is 8.09. The largest absolute Gasteiger partial charge is 0.388 e. The van der Waals surface area contributed by atoms with E-state index >= 15 is 0 Å². The summed E-state index contributed by atoms with van der Waals surface area (Å²) in [6, 6.07) is 0. The number of methoxy groups -OCH3 is 2. The minimum atomic E-state index is -1.07. The summed E-state index contributed by atoms with van der Waals surface area (Å²) < 4.78 is 15.2. The van der Waals surface area contributed by atoms with Crippen molar-refractivity contribution in [1.29, 1.82) is 0 Å². The maximum atomic E-state index is 9.78. The van der Waals surface area contributed by atoms with Gasteiger partial charge in [-0.2, -0.15) is 0 Å². The van der Waals surface area contributed by atoms with Gasteiger partial charge in [-0.05, 0) is 0 Å². The minimum Gasteiger partial charge on any atom is -0.388 e. The van der Waals surface area contributed by atoms with Gasteiger partial charge >= 0.3 is 0 Å². The quantitative estimate of drug-likeness (QED) is 0.677. The van der Waals surface area contributed by atoms with E-state index in [2.05, 4.69) is 15.9 Å². The summed E-state index contributed by atoms with van der Waals surface area (Å²) in [7, 11) is 2.90. The number of aliphatic hydroxyl groups excluding tert-OH is 2. The average molecular weight is 271 g/mol. The Morgan fingerprint density at radius 3 is 2.21 bits per heavy atom. The number of halogens is 1. The normalized spacial score (nSPS) is 43.9. The molecule has 0 spiro atoms. The number of hydrogen-bond acceptors (Lipinski definition) is 5. The molecule has 6 heteroatoms. The molecule has 1 aliphatic heterocycles. The van der Waals surface area contributed by atoms with Crippen LogP contribution in [0.3, 0.4) is 0 Å². The topological polar surface area (TPSA) is 68.2 Å². The molecule has 0 aromatic heterocycles. The van der Waals surface area contributed by atoms with Crippen LogP contribution in [-0.2, 0) is 14.2 Å². The molecule has 1 fully saturated rings. The lowest BCUT2D eigenvalue weighted by Gasteiger charge is -2.40. The molecule has 2 N–H and O–H groups in total. The van der Waals surface area contributed by atoms with Crippen LogP contribution in [0.2, 0.25) is 0 Å². The fraction of sp³-hybridized carbons (Fsp3) is 1.00. The molecular formula is C8H15BrO5. The first kappa shape index (κ1) is 12.4. The fourth-order valence-corrected chi connectivity index (χ4v) is 2.09. The molecule has 1 rings (SSSR count). The Morgan fingerprint density at radius 2 is 1.79 bits per heavy atom. The van der Waals surface area contributed by atoms with Gasteiger partial charge in [-0.3, -0.25) is 0 Å². The maximum Gasteiger partial charge on any atom is 0.184 e. The van der Waals surface area contributed by atoms with E-state index in [1.807, 2.05) is 0 Å². The monoisotopic (exact) mass is 270 g/mol. The van der Waals surface area contributed by atoms with E-state index in [0.717, 1.165) is 0 Å². The predicted octanol–water partition coefficient (Wildman–Crippen LogP) is -0.511. The third-order valence-electron chi connectivity index (χ3n) is 2.33. The molecule has 0 aliphatic carbocycles. The summed E-state index contributed by atoms with van der Waals surface area (Å²) in [5.74, 6) is 0. The number of ether oxygens (including phenoxy) is 3. The molecule has 0 radical (unpaired) electrons. The molecule has 1 heterocycles.